The number of carbonyl (C=O) groups excluding carboxylic acids is 1. The maximum Gasteiger partial charge on any atom is 0.220 e. The fourth-order valence-electron chi connectivity index (χ4n) is 2.77. The Balaban J connectivity index is 2.11. The van der Waals surface area contributed by atoms with Crippen molar-refractivity contribution in [3.8, 4) is 0 Å². The molecule has 0 saturated heterocycles. The normalized spacial score (nSPS) is 11.2. The Labute approximate surface area is 135 Å². The van der Waals surface area contributed by atoms with Crippen molar-refractivity contribution in [2.24, 2.45) is 13.0 Å². The molecule has 0 unspecified atom stereocenters. The molecule has 0 radical (unpaired) electrons. The highest BCUT2D eigenvalue weighted by Gasteiger charge is 2.10. The van der Waals surface area contributed by atoms with E-state index in [1.54, 1.807) is 0 Å². The van der Waals surface area contributed by atoms with Crippen molar-refractivity contribution >= 4 is 5.91 Å². The predicted octanol–water partition coefficient (Wildman–Crippen LogP) is 3.69. The van der Waals surface area contributed by atoms with Crippen LogP contribution >= 0.6 is 0 Å². The van der Waals surface area contributed by atoms with Crippen LogP contribution in [0, 0.1) is 19.8 Å². The molecule has 0 atom stereocenters. The van der Waals surface area contributed by atoms with Crippen molar-refractivity contribution in [3.63, 3.8) is 0 Å². The molecule has 4 heteroatoms. The molecule has 1 N–H and O–H groups in total. The van der Waals surface area contributed by atoms with E-state index in [4.69, 9.17) is 0 Å². The van der Waals surface area contributed by atoms with Crippen LogP contribution < -0.4 is 5.32 Å². The third-order valence-electron chi connectivity index (χ3n) is 4.29. The molecule has 1 aromatic heterocycles. The van der Waals surface area contributed by atoms with Crippen LogP contribution in [-0.4, -0.2) is 22.2 Å². The summed E-state index contributed by atoms with van der Waals surface area (Å²) in [6.45, 7) is 9.42. The fourth-order valence-corrected chi connectivity index (χ4v) is 2.77. The molecule has 126 valence electrons. The molecule has 1 heterocycles. The van der Waals surface area contributed by atoms with Crippen molar-refractivity contribution in [2.75, 3.05) is 6.54 Å². The maximum atomic E-state index is 11.9. The lowest BCUT2D eigenvalue weighted by Gasteiger charge is -2.07. The van der Waals surface area contributed by atoms with Gasteiger partial charge in [0.2, 0.25) is 5.91 Å². The zero-order chi connectivity index (χ0) is 16.5. The topological polar surface area (TPSA) is 46.9 Å². The van der Waals surface area contributed by atoms with Crippen LogP contribution in [0.1, 0.15) is 69.3 Å². The molecule has 0 aliphatic rings. The first-order valence-corrected chi connectivity index (χ1v) is 8.67. The van der Waals surface area contributed by atoms with Gasteiger partial charge in [-0.2, -0.15) is 5.10 Å². The lowest BCUT2D eigenvalue weighted by Crippen LogP contribution is -2.24. The fraction of sp³-hybridized carbons (Fsp3) is 0.778. The van der Waals surface area contributed by atoms with E-state index in [-0.39, 0.29) is 5.91 Å². The van der Waals surface area contributed by atoms with Gasteiger partial charge in [-0.3, -0.25) is 9.48 Å². The Bertz CT molecular complexity index is 463. The van der Waals surface area contributed by atoms with Gasteiger partial charge in [0, 0.05) is 25.7 Å². The molecule has 1 aromatic rings. The van der Waals surface area contributed by atoms with Crippen molar-refractivity contribution in [2.45, 2.75) is 72.6 Å². The third-order valence-corrected chi connectivity index (χ3v) is 4.29. The summed E-state index contributed by atoms with van der Waals surface area (Å²) in [6, 6.07) is 0. The van der Waals surface area contributed by atoms with Gasteiger partial charge in [-0.25, -0.2) is 0 Å². The van der Waals surface area contributed by atoms with Gasteiger partial charge in [-0.1, -0.05) is 39.5 Å². The number of hydrogen-bond donors (Lipinski definition) is 1. The third kappa shape index (κ3) is 6.63. The lowest BCUT2D eigenvalue weighted by molar-refractivity contribution is -0.121. The Morgan fingerprint density at radius 3 is 2.45 bits per heavy atom. The predicted molar refractivity (Wildman–Crippen MR) is 91.9 cm³/mol. The van der Waals surface area contributed by atoms with Crippen LogP contribution in [-0.2, 0) is 18.3 Å². The van der Waals surface area contributed by atoms with Crippen LogP contribution in [0.4, 0.5) is 0 Å². The van der Waals surface area contributed by atoms with E-state index >= 15 is 0 Å². The van der Waals surface area contributed by atoms with Crippen LogP contribution in [0.2, 0.25) is 0 Å². The second-order valence-corrected chi connectivity index (χ2v) is 6.72. The molecular weight excluding hydrogens is 274 g/mol. The molecule has 1 amide bonds. The maximum absolute atomic E-state index is 11.9. The number of nitrogens with one attached hydrogen (secondary N) is 1. The SMILES string of the molecule is Cc1nn(C)c(C)c1CCC(=O)NCCCCCCC(C)C. The molecule has 1 rings (SSSR count). The standard InChI is InChI=1S/C18H33N3O/c1-14(2)10-8-6-7-9-13-19-18(22)12-11-17-15(3)20-21(5)16(17)4/h14H,6-13H2,1-5H3,(H,19,22). The van der Waals surface area contributed by atoms with Gasteiger partial charge in [0.15, 0.2) is 0 Å². The van der Waals surface area contributed by atoms with Crippen LogP contribution in [0.15, 0.2) is 0 Å². The van der Waals surface area contributed by atoms with E-state index in [1.165, 1.54) is 31.2 Å². The molecule has 0 aliphatic heterocycles. The molecule has 0 aliphatic carbocycles. The van der Waals surface area contributed by atoms with E-state index in [9.17, 15) is 4.79 Å². The minimum absolute atomic E-state index is 0.157. The number of carbonyl (C=O) groups is 1. The number of rotatable bonds is 10. The summed E-state index contributed by atoms with van der Waals surface area (Å²) in [5.74, 6) is 0.962. The molecule has 0 bridgehead atoms. The molecule has 0 spiro atoms. The molecule has 0 fully saturated rings. The number of unbranched alkanes of at least 4 members (excludes halogenated alkanes) is 3. The van der Waals surface area contributed by atoms with Crippen LogP contribution in [0.3, 0.4) is 0 Å². The molecule has 22 heavy (non-hydrogen) atoms. The number of aryl methyl sites for hydroxylation is 2. The van der Waals surface area contributed by atoms with Crippen molar-refractivity contribution in [1.82, 2.24) is 15.1 Å². The molecule has 4 nitrogen and oxygen atoms in total. The van der Waals surface area contributed by atoms with E-state index in [2.05, 4.69) is 31.2 Å². The lowest BCUT2D eigenvalue weighted by atomic mass is 10.0. The van der Waals surface area contributed by atoms with Gasteiger partial charge in [0.25, 0.3) is 0 Å². The molecular formula is C18H33N3O. The van der Waals surface area contributed by atoms with Gasteiger partial charge in [0.05, 0.1) is 5.69 Å². The summed E-state index contributed by atoms with van der Waals surface area (Å²) < 4.78 is 1.89. The highest BCUT2D eigenvalue weighted by molar-refractivity contribution is 5.76. The van der Waals surface area contributed by atoms with E-state index in [0.717, 1.165) is 36.7 Å². The Morgan fingerprint density at radius 2 is 1.86 bits per heavy atom. The second-order valence-electron chi connectivity index (χ2n) is 6.72. The smallest absolute Gasteiger partial charge is 0.220 e. The minimum atomic E-state index is 0.157. The second kappa shape index (κ2) is 9.65. The first-order valence-electron chi connectivity index (χ1n) is 8.67. The zero-order valence-corrected chi connectivity index (χ0v) is 15.0. The summed E-state index contributed by atoms with van der Waals surface area (Å²) in [5, 5.41) is 7.42. The van der Waals surface area contributed by atoms with E-state index in [1.807, 2.05) is 18.7 Å². The van der Waals surface area contributed by atoms with Crippen molar-refractivity contribution in [3.05, 3.63) is 17.0 Å². The Hall–Kier alpha value is -1.32. The number of aromatic nitrogens is 2. The highest BCUT2D eigenvalue weighted by Crippen LogP contribution is 2.14. The zero-order valence-electron chi connectivity index (χ0n) is 15.0. The Morgan fingerprint density at radius 1 is 1.18 bits per heavy atom. The summed E-state index contributed by atoms with van der Waals surface area (Å²) in [6.07, 6.45) is 7.55. The van der Waals surface area contributed by atoms with Gasteiger partial charge in [0.1, 0.15) is 0 Å². The summed E-state index contributed by atoms with van der Waals surface area (Å²) >= 11 is 0. The summed E-state index contributed by atoms with van der Waals surface area (Å²) in [4.78, 5) is 11.9. The largest absolute Gasteiger partial charge is 0.356 e. The average Bonchev–Trinajstić information content (AvgIpc) is 2.69. The van der Waals surface area contributed by atoms with Crippen molar-refractivity contribution < 1.29 is 4.79 Å². The minimum Gasteiger partial charge on any atom is -0.356 e. The van der Waals surface area contributed by atoms with E-state index < -0.39 is 0 Å². The Kier molecular flexibility index (Phi) is 8.21. The molecule has 0 saturated carbocycles. The van der Waals surface area contributed by atoms with Gasteiger partial charge in [-0.15, -0.1) is 0 Å². The van der Waals surface area contributed by atoms with Crippen LogP contribution in [0.5, 0.6) is 0 Å². The van der Waals surface area contributed by atoms with Gasteiger partial charge < -0.3 is 5.32 Å². The number of nitrogens with zero attached hydrogens (tertiary/aromatic N) is 2. The average molecular weight is 307 g/mol. The van der Waals surface area contributed by atoms with Crippen LogP contribution in [0.25, 0.3) is 0 Å². The molecule has 0 aromatic carbocycles. The van der Waals surface area contributed by atoms with E-state index in [0.29, 0.717) is 6.42 Å². The number of hydrogen-bond acceptors (Lipinski definition) is 2. The van der Waals surface area contributed by atoms with Crippen molar-refractivity contribution in [1.29, 1.82) is 0 Å². The number of amides is 1. The quantitative estimate of drug-likeness (QED) is 0.670. The first-order chi connectivity index (χ1) is 10.4. The van der Waals surface area contributed by atoms with Gasteiger partial charge in [-0.05, 0) is 38.2 Å². The van der Waals surface area contributed by atoms with Gasteiger partial charge >= 0.3 is 0 Å². The highest BCUT2D eigenvalue weighted by atomic mass is 16.1. The summed E-state index contributed by atoms with van der Waals surface area (Å²) in [7, 11) is 1.95. The monoisotopic (exact) mass is 307 g/mol. The summed E-state index contributed by atoms with van der Waals surface area (Å²) in [5.41, 5.74) is 3.42. The first kappa shape index (κ1) is 18.7.